The molecule has 10 heteroatoms. The van der Waals surface area contributed by atoms with Gasteiger partial charge in [0.05, 0.1) is 18.1 Å². The average Bonchev–Trinajstić information content (AvgIpc) is 2.70. The van der Waals surface area contributed by atoms with Crippen LogP contribution in [-0.4, -0.2) is 80.3 Å². The number of alkyl halides is 3. The molecule has 0 aromatic heterocycles. The van der Waals surface area contributed by atoms with Gasteiger partial charge in [-0.1, -0.05) is 6.92 Å². The Balaban J connectivity index is 2.39. The molecule has 1 aromatic rings. The van der Waals surface area contributed by atoms with Crippen molar-refractivity contribution in [1.82, 2.24) is 9.80 Å². The first-order valence-corrected chi connectivity index (χ1v) is 10.5. The second kappa shape index (κ2) is 11.0. The maximum atomic E-state index is 13.2. The maximum absolute atomic E-state index is 13.2. The van der Waals surface area contributed by atoms with Crippen LogP contribution in [0.2, 0.25) is 0 Å². The van der Waals surface area contributed by atoms with Gasteiger partial charge in [-0.05, 0) is 31.0 Å². The van der Waals surface area contributed by atoms with Crippen LogP contribution < -0.4 is 10.1 Å². The summed E-state index contributed by atoms with van der Waals surface area (Å²) in [4.78, 5) is 27.8. The molecule has 1 aromatic carbocycles. The van der Waals surface area contributed by atoms with E-state index in [-0.39, 0.29) is 55.1 Å². The number of nitrogens with one attached hydrogen (secondary N) is 1. The number of carbonyl (C=O) groups is 2. The molecule has 0 unspecified atom stereocenters. The Morgan fingerprint density at radius 1 is 1.28 bits per heavy atom. The molecule has 0 spiro atoms. The zero-order valence-electron chi connectivity index (χ0n) is 19.2. The molecular formula is C22H32F3N3O4. The lowest BCUT2D eigenvalue weighted by molar-refractivity contribution is -0.140. The predicted molar refractivity (Wildman–Crippen MR) is 115 cm³/mol. The number of benzene rings is 1. The Bertz CT molecular complexity index is 803. The standard InChI is InChI=1S/C22H32F3N3O4/c1-14-11-28(9-8-22(23,24)25)15(2)13-32-19-7-6-17(26-16(3)29)10-18(19)21(30)27(4)12-20(14)31-5/h6-7,10,14-15,20H,8-9,11-13H2,1-5H3,(H,26,29)/t14-,15-,20-/m1/s1. The molecule has 1 heterocycles. The van der Waals surface area contributed by atoms with Crippen LogP contribution >= 0.6 is 0 Å². The van der Waals surface area contributed by atoms with Gasteiger partial charge in [-0.3, -0.25) is 14.5 Å². The van der Waals surface area contributed by atoms with E-state index in [0.717, 1.165) is 0 Å². The molecule has 3 atom stereocenters. The minimum Gasteiger partial charge on any atom is -0.491 e. The van der Waals surface area contributed by atoms with E-state index in [1.807, 2.05) is 6.92 Å². The highest BCUT2D eigenvalue weighted by molar-refractivity contribution is 5.99. The van der Waals surface area contributed by atoms with Crippen molar-refractivity contribution < 1.29 is 32.2 Å². The van der Waals surface area contributed by atoms with Gasteiger partial charge in [-0.15, -0.1) is 0 Å². The molecule has 1 aliphatic heterocycles. The fourth-order valence-electron chi connectivity index (χ4n) is 3.71. The molecule has 2 rings (SSSR count). The van der Waals surface area contributed by atoms with Gasteiger partial charge in [0, 0.05) is 52.4 Å². The Kier molecular flexibility index (Phi) is 8.91. The molecule has 1 N–H and O–H groups in total. The molecule has 0 bridgehead atoms. The number of methoxy groups -OCH3 is 1. The van der Waals surface area contributed by atoms with Gasteiger partial charge >= 0.3 is 6.18 Å². The maximum Gasteiger partial charge on any atom is 0.390 e. The molecule has 7 nitrogen and oxygen atoms in total. The molecule has 0 radical (unpaired) electrons. The molecule has 2 amide bonds. The average molecular weight is 460 g/mol. The number of likely N-dealkylation sites (N-methyl/N-ethyl adjacent to an activating group) is 1. The molecule has 0 saturated carbocycles. The fourth-order valence-corrected chi connectivity index (χ4v) is 3.71. The second-order valence-electron chi connectivity index (χ2n) is 8.35. The van der Waals surface area contributed by atoms with Crippen molar-refractivity contribution in [1.29, 1.82) is 0 Å². The number of nitrogens with zero attached hydrogens (tertiary/aromatic N) is 2. The number of anilines is 1. The smallest absolute Gasteiger partial charge is 0.390 e. The Morgan fingerprint density at radius 2 is 1.97 bits per heavy atom. The number of hydrogen-bond acceptors (Lipinski definition) is 5. The first-order chi connectivity index (χ1) is 14.9. The zero-order valence-corrected chi connectivity index (χ0v) is 19.2. The normalized spacial score (nSPS) is 23.6. The summed E-state index contributed by atoms with van der Waals surface area (Å²) in [6, 6.07) is 4.42. The van der Waals surface area contributed by atoms with Crippen LogP contribution in [0.5, 0.6) is 5.75 Å². The highest BCUT2D eigenvalue weighted by atomic mass is 19.4. The lowest BCUT2D eigenvalue weighted by Gasteiger charge is -2.36. The van der Waals surface area contributed by atoms with E-state index in [1.165, 1.54) is 18.9 Å². The number of rotatable bonds is 4. The quantitative estimate of drug-likeness (QED) is 0.747. The minimum atomic E-state index is -4.26. The van der Waals surface area contributed by atoms with Crippen LogP contribution in [0, 0.1) is 5.92 Å². The van der Waals surface area contributed by atoms with Crippen molar-refractivity contribution >= 4 is 17.5 Å². The SMILES string of the molecule is CO[C@@H]1CN(C)C(=O)c2cc(NC(C)=O)ccc2OC[C@@H](C)N(CCC(F)(F)F)C[C@H]1C. The summed E-state index contributed by atoms with van der Waals surface area (Å²) >= 11 is 0. The van der Waals surface area contributed by atoms with Crippen molar-refractivity contribution in [2.45, 2.75) is 45.5 Å². The minimum absolute atomic E-state index is 0.103. The van der Waals surface area contributed by atoms with Crippen LogP contribution in [-0.2, 0) is 9.53 Å². The second-order valence-corrected chi connectivity index (χ2v) is 8.35. The number of hydrogen-bond donors (Lipinski definition) is 1. The van der Waals surface area contributed by atoms with E-state index in [0.29, 0.717) is 18.0 Å². The number of fused-ring (bicyclic) bond motifs is 1. The summed E-state index contributed by atoms with van der Waals surface area (Å²) in [5.74, 6) is -0.401. The Hall–Kier alpha value is -2.33. The zero-order chi connectivity index (χ0) is 24.1. The van der Waals surface area contributed by atoms with E-state index in [2.05, 4.69) is 5.32 Å². The first-order valence-electron chi connectivity index (χ1n) is 10.5. The summed E-state index contributed by atoms with van der Waals surface area (Å²) in [7, 11) is 3.16. The van der Waals surface area contributed by atoms with E-state index in [1.54, 1.807) is 37.1 Å². The van der Waals surface area contributed by atoms with Gasteiger partial charge < -0.3 is 19.7 Å². The van der Waals surface area contributed by atoms with Gasteiger partial charge in [0.15, 0.2) is 0 Å². The summed E-state index contributed by atoms with van der Waals surface area (Å²) in [6.45, 7) is 5.64. The van der Waals surface area contributed by atoms with Gasteiger partial charge in [0.25, 0.3) is 5.91 Å². The lowest BCUT2D eigenvalue weighted by atomic mass is 10.0. The van der Waals surface area contributed by atoms with Crippen molar-refractivity contribution in [3.8, 4) is 5.75 Å². The third kappa shape index (κ3) is 7.37. The fraction of sp³-hybridized carbons (Fsp3) is 0.636. The summed E-state index contributed by atoms with van der Waals surface area (Å²) in [5, 5.41) is 2.65. The predicted octanol–water partition coefficient (Wildman–Crippen LogP) is 3.40. The van der Waals surface area contributed by atoms with Crippen molar-refractivity contribution in [3.05, 3.63) is 23.8 Å². The third-order valence-corrected chi connectivity index (χ3v) is 5.58. The molecule has 0 aliphatic carbocycles. The van der Waals surface area contributed by atoms with E-state index >= 15 is 0 Å². The molecular weight excluding hydrogens is 427 g/mol. The van der Waals surface area contributed by atoms with E-state index in [9.17, 15) is 22.8 Å². The van der Waals surface area contributed by atoms with Gasteiger partial charge in [-0.25, -0.2) is 0 Å². The molecule has 180 valence electrons. The Labute approximate surface area is 186 Å². The largest absolute Gasteiger partial charge is 0.491 e. The van der Waals surface area contributed by atoms with E-state index < -0.39 is 12.6 Å². The van der Waals surface area contributed by atoms with Crippen LogP contribution in [0.4, 0.5) is 18.9 Å². The first kappa shape index (κ1) is 25.9. The highest BCUT2D eigenvalue weighted by Crippen LogP contribution is 2.27. The molecule has 1 aliphatic rings. The van der Waals surface area contributed by atoms with Gasteiger partial charge in [0.2, 0.25) is 5.91 Å². The number of carbonyl (C=O) groups excluding carboxylic acids is 2. The molecule has 0 saturated heterocycles. The number of ether oxygens (including phenoxy) is 2. The summed E-state index contributed by atoms with van der Waals surface area (Å²) in [6.07, 6.45) is -5.54. The molecule has 0 fully saturated rings. The van der Waals surface area contributed by atoms with Crippen LogP contribution in [0.15, 0.2) is 18.2 Å². The monoisotopic (exact) mass is 459 g/mol. The topological polar surface area (TPSA) is 71.1 Å². The Morgan fingerprint density at radius 3 is 2.56 bits per heavy atom. The lowest BCUT2D eigenvalue weighted by Crippen LogP contribution is -2.47. The van der Waals surface area contributed by atoms with E-state index in [4.69, 9.17) is 9.47 Å². The summed E-state index contributed by atoms with van der Waals surface area (Å²) < 4.78 is 50.1. The number of halogens is 3. The van der Waals surface area contributed by atoms with Gasteiger partial charge in [0.1, 0.15) is 12.4 Å². The van der Waals surface area contributed by atoms with Crippen LogP contribution in [0.3, 0.4) is 0 Å². The van der Waals surface area contributed by atoms with Crippen molar-refractivity contribution in [2.75, 3.05) is 45.7 Å². The third-order valence-electron chi connectivity index (χ3n) is 5.58. The summed E-state index contributed by atoms with van der Waals surface area (Å²) in [5.41, 5.74) is 0.709. The van der Waals surface area contributed by atoms with Crippen LogP contribution in [0.1, 0.15) is 37.6 Å². The van der Waals surface area contributed by atoms with Crippen LogP contribution in [0.25, 0.3) is 0 Å². The number of amides is 2. The van der Waals surface area contributed by atoms with Crippen molar-refractivity contribution in [2.24, 2.45) is 5.92 Å². The van der Waals surface area contributed by atoms with Gasteiger partial charge in [-0.2, -0.15) is 13.2 Å². The highest BCUT2D eigenvalue weighted by Gasteiger charge is 2.32. The molecule has 32 heavy (non-hydrogen) atoms. The van der Waals surface area contributed by atoms with Crippen molar-refractivity contribution in [3.63, 3.8) is 0 Å².